The van der Waals surface area contributed by atoms with Gasteiger partial charge in [-0.3, -0.25) is 4.98 Å². The summed E-state index contributed by atoms with van der Waals surface area (Å²) in [5.74, 6) is 0.619. The number of rotatable bonds is 4. The zero-order chi connectivity index (χ0) is 12.9. The Kier molecular flexibility index (Phi) is 3.89. The summed E-state index contributed by atoms with van der Waals surface area (Å²) in [4.78, 5) is 8.39. The number of pyridine rings is 1. The average Bonchev–Trinajstić information content (AvgIpc) is 2.95. The number of aryl methyl sites for hydroxylation is 2. The smallest absolute Gasteiger partial charge is 0.0948 e. The van der Waals surface area contributed by atoms with Gasteiger partial charge in [0.05, 0.1) is 6.33 Å². The third kappa shape index (κ3) is 3.01. The quantitative estimate of drug-likeness (QED) is 0.909. The standard InChI is InChI=1S/C15H20N4/c1-2-14(10-17-6-1)15-11-18-12-19(15)9-5-13-3-7-16-8-4-13/h3-4,7-8,11-12,14,17H,1-2,5-6,9-10H2. The highest BCUT2D eigenvalue weighted by Crippen LogP contribution is 2.23. The first-order chi connectivity index (χ1) is 9.43. The van der Waals surface area contributed by atoms with E-state index in [9.17, 15) is 0 Å². The third-order valence-corrected chi connectivity index (χ3v) is 3.85. The SMILES string of the molecule is c1cc(CCn2cncc2C2CCCNC2)ccn1. The molecule has 2 aromatic heterocycles. The maximum atomic E-state index is 4.33. The molecule has 2 aromatic rings. The number of nitrogens with one attached hydrogen (secondary N) is 1. The number of aromatic nitrogens is 3. The van der Waals surface area contributed by atoms with Crippen molar-refractivity contribution < 1.29 is 0 Å². The molecule has 1 unspecified atom stereocenters. The van der Waals surface area contributed by atoms with E-state index < -0.39 is 0 Å². The Bertz CT molecular complexity index is 500. The van der Waals surface area contributed by atoms with E-state index in [2.05, 4.69) is 32.0 Å². The third-order valence-electron chi connectivity index (χ3n) is 3.85. The maximum absolute atomic E-state index is 4.33. The van der Waals surface area contributed by atoms with E-state index in [0.717, 1.165) is 26.1 Å². The topological polar surface area (TPSA) is 42.7 Å². The fourth-order valence-corrected chi connectivity index (χ4v) is 2.76. The first kappa shape index (κ1) is 12.4. The lowest BCUT2D eigenvalue weighted by Crippen LogP contribution is -2.29. The Morgan fingerprint density at radius 3 is 2.95 bits per heavy atom. The zero-order valence-electron chi connectivity index (χ0n) is 11.1. The van der Waals surface area contributed by atoms with Crippen LogP contribution in [0, 0.1) is 0 Å². The van der Waals surface area contributed by atoms with Gasteiger partial charge in [0, 0.05) is 43.3 Å². The normalized spacial score (nSPS) is 19.5. The van der Waals surface area contributed by atoms with E-state index in [1.54, 1.807) is 0 Å². The molecule has 4 nitrogen and oxygen atoms in total. The van der Waals surface area contributed by atoms with E-state index in [0.29, 0.717) is 5.92 Å². The summed E-state index contributed by atoms with van der Waals surface area (Å²) < 4.78 is 2.30. The van der Waals surface area contributed by atoms with Crippen molar-refractivity contribution >= 4 is 0 Å². The number of nitrogens with zero attached hydrogens (tertiary/aromatic N) is 3. The molecule has 0 spiro atoms. The van der Waals surface area contributed by atoms with Crippen molar-refractivity contribution in [3.8, 4) is 0 Å². The van der Waals surface area contributed by atoms with Crippen LogP contribution >= 0.6 is 0 Å². The molecular weight excluding hydrogens is 236 g/mol. The predicted molar refractivity (Wildman–Crippen MR) is 75.0 cm³/mol. The van der Waals surface area contributed by atoms with E-state index in [4.69, 9.17) is 0 Å². The van der Waals surface area contributed by atoms with Crippen LogP contribution in [0.15, 0.2) is 37.1 Å². The molecule has 1 saturated heterocycles. The Labute approximate surface area is 113 Å². The van der Waals surface area contributed by atoms with Gasteiger partial charge in [-0.15, -0.1) is 0 Å². The van der Waals surface area contributed by atoms with Crippen molar-refractivity contribution in [2.75, 3.05) is 13.1 Å². The molecule has 1 aliphatic rings. The molecule has 100 valence electrons. The molecule has 0 amide bonds. The molecule has 19 heavy (non-hydrogen) atoms. The lowest BCUT2D eigenvalue weighted by atomic mass is 9.96. The van der Waals surface area contributed by atoms with Gasteiger partial charge in [-0.2, -0.15) is 0 Å². The zero-order valence-corrected chi connectivity index (χ0v) is 11.1. The van der Waals surface area contributed by atoms with Crippen LogP contribution in [0.3, 0.4) is 0 Å². The summed E-state index contributed by atoms with van der Waals surface area (Å²) in [6.45, 7) is 3.23. The Morgan fingerprint density at radius 1 is 1.26 bits per heavy atom. The van der Waals surface area contributed by atoms with Crippen LogP contribution in [0.4, 0.5) is 0 Å². The highest BCUT2D eigenvalue weighted by atomic mass is 15.1. The molecule has 3 rings (SSSR count). The molecule has 0 saturated carbocycles. The van der Waals surface area contributed by atoms with E-state index in [1.807, 2.05) is 24.9 Å². The number of piperidine rings is 1. The van der Waals surface area contributed by atoms with Gasteiger partial charge in [-0.1, -0.05) is 0 Å². The van der Waals surface area contributed by atoms with Crippen molar-refractivity contribution in [1.29, 1.82) is 0 Å². The summed E-state index contributed by atoms with van der Waals surface area (Å²) in [6, 6.07) is 4.16. The number of hydrogen-bond acceptors (Lipinski definition) is 3. The molecule has 0 bridgehead atoms. The van der Waals surface area contributed by atoms with Crippen molar-refractivity contribution in [1.82, 2.24) is 19.9 Å². The number of imidazole rings is 1. The van der Waals surface area contributed by atoms with Crippen LogP contribution in [0.5, 0.6) is 0 Å². The Morgan fingerprint density at radius 2 is 2.16 bits per heavy atom. The van der Waals surface area contributed by atoms with Crippen LogP contribution in [-0.4, -0.2) is 27.6 Å². The molecule has 1 atom stereocenters. The lowest BCUT2D eigenvalue weighted by Gasteiger charge is -2.23. The molecule has 1 fully saturated rings. The monoisotopic (exact) mass is 256 g/mol. The van der Waals surface area contributed by atoms with Crippen molar-refractivity contribution in [3.05, 3.63) is 48.3 Å². The van der Waals surface area contributed by atoms with Crippen molar-refractivity contribution in [2.45, 2.75) is 31.7 Å². The van der Waals surface area contributed by atoms with Gasteiger partial charge in [0.2, 0.25) is 0 Å². The number of hydrogen-bond donors (Lipinski definition) is 1. The van der Waals surface area contributed by atoms with E-state index in [1.165, 1.54) is 24.1 Å². The molecule has 0 radical (unpaired) electrons. The minimum Gasteiger partial charge on any atom is -0.334 e. The molecule has 4 heteroatoms. The van der Waals surface area contributed by atoms with Gasteiger partial charge in [-0.05, 0) is 43.5 Å². The summed E-state index contributed by atoms with van der Waals surface area (Å²) in [7, 11) is 0. The highest BCUT2D eigenvalue weighted by Gasteiger charge is 2.18. The van der Waals surface area contributed by atoms with Crippen LogP contribution in [0.1, 0.15) is 30.0 Å². The van der Waals surface area contributed by atoms with Gasteiger partial charge in [0.25, 0.3) is 0 Å². The summed E-state index contributed by atoms with van der Waals surface area (Å²) >= 11 is 0. The van der Waals surface area contributed by atoms with E-state index >= 15 is 0 Å². The first-order valence-electron chi connectivity index (χ1n) is 7.03. The summed E-state index contributed by atoms with van der Waals surface area (Å²) in [6.07, 6.45) is 11.3. The van der Waals surface area contributed by atoms with Gasteiger partial charge in [0.1, 0.15) is 0 Å². The first-order valence-corrected chi connectivity index (χ1v) is 7.03. The van der Waals surface area contributed by atoms with E-state index in [-0.39, 0.29) is 0 Å². The fraction of sp³-hybridized carbons (Fsp3) is 0.467. The van der Waals surface area contributed by atoms with Crippen LogP contribution < -0.4 is 5.32 Å². The molecule has 0 aromatic carbocycles. The predicted octanol–water partition coefficient (Wildman–Crippen LogP) is 1.99. The van der Waals surface area contributed by atoms with Crippen molar-refractivity contribution in [3.63, 3.8) is 0 Å². The maximum Gasteiger partial charge on any atom is 0.0948 e. The Balaban J connectivity index is 1.66. The fourth-order valence-electron chi connectivity index (χ4n) is 2.76. The van der Waals surface area contributed by atoms with Crippen LogP contribution in [0.25, 0.3) is 0 Å². The molecule has 1 aliphatic heterocycles. The largest absolute Gasteiger partial charge is 0.334 e. The second-order valence-corrected chi connectivity index (χ2v) is 5.16. The minimum atomic E-state index is 0.619. The minimum absolute atomic E-state index is 0.619. The lowest BCUT2D eigenvalue weighted by molar-refractivity contribution is 0.440. The van der Waals surface area contributed by atoms with Crippen molar-refractivity contribution in [2.24, 2.45) is 0 Å². The second kappa shape index (κ2) is 5.97. The molecule has 1 N–H and O–H groups in total. The molecular formula is C15H20N4. The summed E-state index contributed by atoms with van der Waals surface area (Å²) in [5, 5.41) is 3.47. The molecule has 0 aliphatic carbocycles. The van der Waals surface area contributed by atoms with Gasteiger partial charge >= 0.3 is 0 Å². The Hall–Kier alpha value is -1.68. The van der Waals surface area contributed by atoms with Gasteiger partial charge in [-0.25, -0.2) is 4.98 Å². The highest BCUT2D eigenvalue weighted by molar-refractivity contribution is 5.12. The van der Waals surface area contributed by atoms with Gasteiger partial charge < -0.3 is 9.88 Å². The van der Waals surface area contributed by atoms with Crippen LogP contribution in [-0.2, 0) is 13.0 Å². The molecule has 3 heterocycles. The van der Waals surface area contributed by atoms with Gasteiger partial charge in [0.15, 0.2) is 0 Å². The summed E-state index contributed by atoms with van der Waals surface area (Å²) in [5.41, 5.74) is 2.71. The second-order valence-electron chi connectivity index (χ2n) is 5.16. The average molecular weight is 256 g/mol. The van der Waals surface area contributed by atoms with Crippen LogP contribution in [0.2, 0.25) is 0 Å².